The second-order valence-electron chi connectivity index (χ2n) is 15.6. The summed E-state index contributed by atoms with van der Waals surface area (Å²) in [4.78, 5) is 37.6. The minimum Gasteiger partial charge on any atom is -0.756 e. The Balaban J connectivity index is 4.56. The number of carbonyl (C=O) groups is 2. The van der Waals surface area contributed by atoms with E-state index < -0.39 is 32.5 Å². The third-order valence-electron chi connectivity index (χ3n) is 8.68. The Hall–Kier alpha value is -3.85. The molecule has 348 valence electrons. The third-order valence-corrected chi connectivity index (χ3v) is 9.64. The predicted molar refractivity (Wildman–Crippen MR) is 258 cm³/mol. The van der Waals surface area contributed by atoms with Crippen molar-refractivity contribution in [1.82, 2.24) is 0 Å². The van der Waals surface area contributed by atoms with Crippen LogP contribution in [-0.2, 0) is 32.7 Å². The van der Waals surface area contributed by atoms with E-state index in [1.54, 1.807) is 0 Å². The molecule has 9 nitrogen and oxygen atoms in total. The van der Waals surface area contributed by atoms with Gasteiger partial charge in [0, 0.05) is 12.8 Å². The van der Waals surface area contributed by atoms with Crippen molar-refractivity contribution in [2.45, 2.75) is 136 Å². The number of unbranched alkanes of at least 4 members (excludes halogenated alkanes) is 3. The number of likely N-dealkylation sites (N-methyl/N-ethyl adjacent to an activating group) is 1. The van der Waals surface area contributed by atoms with E-state index in [1.165, 1.54) is 0 Å². The van der Waals surface area contributed by atoms with Gasteiger partial charge in [-0.1, -0.05) is 154 Å². The Morgan fingerprint density at radius 3 is 1.32 bits per heavy atom. The lowest BCUT2D eigenvalue weighted by atomic mass is 10.1. The van der Waals surface area contributed by atoms with Crippen molar-refractivity contribution >= 4 is 19.8 Å². The van der Waals surface area contributed by atoms with E-state index >= 15 is 0 Å². The van der Waals surface area contributed by atoms with E-state index in [-0.39, 0.29) is 26.1 Å². The highest BCUT2D eigenvalue weighted by Crippen LogP contribution is 2.38. The lowest BCUT2D eigenvalue weighted by Gasteiger charge is -2.28. The number of hydrogen-bond donors (Lipinski definition) is 0. The fourth-order valence-electron chi connectivity index (χ4n) is 5.17. The van der Waals surface area contributed by atoms with Crippen LogP contribution in [-0.4, -0.2) is 70.0 Å². The molecule has 0 radical (unpaired) electrons. The summed E-state index contributed by atoms with van der Waals surface area (Å²) in [5, 5.41) is 0. The van der Waals surface area contributed by atoms with Crippen molar-refractivity contribution in [1.29, 1.82) is 0 Å². The highest BCUT2D eigenvalue weighted by Gasteiger charge is 2.21. The van der Waals surface area contributed by atoms with Crippen molar-refractivity contribution in [2.24, 2.45) is 0 Å². The quantitative estimate of drug-likeness (QED) is 0.0197. The molecular formula is C52H82NO8P. The Morgan fingerprint density at radius 1 is 0.500 bits per heavy atom. The second kappa shape index (κ2) is 42.5. The average molecular weight is 880 g/mol. The fourth-order valence-corrected chi connectivity index (χ4v) is 5.90. The van der Waals surface area contributed by atoms with E-state index in [1.807, 2.05) is 33.3 Å². The summed E-state index contributed by atoms with van der Waals surface area (Å²) < 4.78 is 33.8. The van der Waals surface area contributed by atoms with E-state index in [4.69, 9.17) is 18.5 Å². The van der Waals surface area contributed by atoms with Crippen molar-refractivity contribution in [3.63, 3.8) is 0 Å². The minimum absolute atomic E-state index is 0.0588. The Bertz CT molecular complexity index is 1510. The highest BCUT2D eigenvalue weighted by atomic mass is 31.2. The Labute approximate surface area is 377 Å². The van der Waals surface area contributed by atoms with Crippen molar-refractivity contribution in [3.8, 4) is 0 Å². The van der Waals surface area contributed by atoms with Crippen LogP contribution in [0.5, 0.6) is 0 Å². The molecule has 0 rings (SSSR count). The van der Waals surface area contributed by atoms with Crippen LogP contribution < -0.4 is 4.89 Å². The van der Waals surface area contributed by atoms with Crippen LogP contribution in [0.2, 0.25) is 0 Å². The maximum atomic E-state index is 12.7. The van der Waals surface area contributed by atoms with E-state index in [0.717, 1.165) is 89.9 Å². The molecule has 0 aliphatic carbocycles. The maximum absolute atomic E-state index is 12.7. The lowest BCUT2D eigenvalue weighted by Crippen LogP contribution is -2.37. The number of ether oxygens (including phenoxy) is 2. The number of nitrogens with zero attached hydrogens (tertiary/aromatic N) is 1. The number of allylic oxidation sites excluding steroid dienone is 22. The summed E-state index contributed by atoms with van der Waals surface area (Å²) in [7, 11) is 1.07. The van der Waals surface area contributed by atoms with E-state index in [9.17, 15) is 19.0 Å². The van der Waals surface area contributed by atoms with Crippen LogP contribution in [0, 0.1) is 0 Å². The first kappa shape index (κ1) is 58.1. The van der Waals surface area contributed by atoms with Gasteiger partial charge in [-0.15, -0.1) is 0 Å². The Morgan fingerprint density at radius 2 is 0.903 bits per heavy atom. The van der Waals surface area contributed by atoms with Crippen molar-refractivity contribution in [2.75, 3.05) is 47.5 Å². The number of esters is 2. The second-order valence-corrected chi connectivity index (χ2v) is 17.1. The molecule has 62 heavy (non-hydrogen) atoms. The SMILES string of the molecule is CC/C=C\C/C=C\C/C=C\C/C=C\C/C=C\C/C=C\CCC(=O)OC(COC(=O)CCCCC/C=C\C/C=C\C/C=C\C/C=C\C/C=C\CC)COP(=O)([O-])OCC[N+](C)(C)C. The van der Waals surface area contributed by atoms with E-state index in [2.05, 4.69) is 135 Å². The molecule has 10 heteroatoms. The molecule has 2 unspecified atom stereocenters. The molecule has 2 atom stereocenters. The average Bonchev–Trinajstić information content (AvgIpc) is 3.23. The van der Waals surface area contributed by atoms with Gasteiger partial charge in [-0.05, 0) is 96.3 Å². The molecule has 0 saturated heterocycles. The zero-order chi connectivity index (χ0) is 45.7. The number of quaternary nitrogens is 1. The van der Waals surface area contributed by atoms with Crippen LogP contribution in [0.4, 0.5) is 0 Å². The van der Waals surface area contributed by atoms with Gasteiger partial charge in [-0.3, -0.25) is 14.2 Å². The van der Waals surface area contributed by atoms with Crippen LogP contribution in [0.3, 0.4) is 0 Å². The van der Waals surface area contributed by atoms with Crippen LogP contribution >= 0.6 is 7.82 Å². The maximum Gasteiger partial charge on any atom is 0.306 e. The molecule has 0 spiro atoms. The number of phosphoric acid groups is 1. The molecule has 0 saturated carbocycles. The van der Waals surface area contributed by atoms with Gasteiger partial charge in [-0.2, -0.15) is 0 Å². The normalized spacial score (nSPS) is 14.7. The van der Waals surface area contributed by atoms with Gasteiger partial charge in [0.25, 0.3) is 7.82 Å². The standard InChI is InChI=1S/C52H82NO8P/c1-6-8-10-12-14-16-18-20-22-24-26-28-30-32-34-36-38-40-42-44-51(54)58-48-50(49-60-62(56,57)59-47-46-53(3,4)5)61-52(55)45-43-41-39-37-35-33-31-29-27-25-23-21-19-17-15-13-11-9-7-2/h8-11,14-17,20-23,26-29,32-35,39,41,50H,6-7,12-13,18-19,24-25,30-31,36-38,40,42-49H2,1-5H3/b10-8-,11-9-,16-14-,17-15-,22-20-,23-21-,28-26-,29-27-,34-32-,35-33-,41-39-. The number of phosphoric ester groups is 1. The summed E-state index contributed by atoms with van der Waals surface area (Å²) in [6.45, 7) is 3.83. The van der Waals surface area contributed by atoms with Gasteiger partial charge in [0.2, 0.25) is 0 Å². The summed E-state index contributed by atoms with van der Waals surface area (Å²) in [6, 6.07) is 0. The van der Waals surface area contributed by atoms with Crippen molar-refractivity contribution in [3.05, 3.63) is 134 Å². The molecule has 0 amide bonds. The van der Waals surface area contributed by atoms with Gasteiger partial charge in [0.15, 0.2) is 6.10 Å². The molecule has 0 aromatic rings. The molecule has 0 aliphatic heterocycles. The summed E-state index contributed by atoms with van der Waals surface area (Å²) >= 11 is 0. The molecule has 0 N–H and O–H groups in total. The van der Waals surface area contributed by atoms with Crippen LogP contribution in [0.25, 0.3) is 0 Å². The number of rotatable bonds is 39. The van der Waals surface area contributed by atoms with Crippen LogP contribution in [0.15, 0.2) is 134 Å². The fraction of sp³-hybridized carbons (Fsp3) is 0.538. The van der Waals surface area contributed by atoms with E-state index in [0.29, 0.717) is 23.9 Å². The molecule has 0 heterocycles. The number of carbonyl (C=O) groups excluding carboxylic acids is 2. The first-order valence-corrected chi connectivity index (χ1v) is 24.4. The largest absolute Gasteiger partial charge is 0.756 e. The molecule has 0 aliphatic rings. The van der Waals surface area contributed by atoms with Gasteiger partial charge >= 0.3 is 11.9 Å². The molecule has 0 bridgehead atoms. The first-order valence-electron chi connectivity index (χ1n) is 22.9. The van der Waals surface area contributed by atoms with Gasteiger partial charge in [-0.25, -0.2) is 0 Å². The summed E-state index contributed by atoms with van der Waals surface area (Å²) in [5.41, 5.74) is 0. The molecular weight excluding hydrogens is 798 g/mol. The van der Waals surface area contributed by atoms with Crippen molar-refractivity contribution < 1.29 is 42.1 Å². The lowest BCUT2D eigenvalue weighted by molar-refractivity contribution is -0.870. The monoisotopic (exact) mass is 880 g/mol. The predicted octanol–water partition coefficient (Wildman–Crippen LogP) is 12.8. The summed E-state index contributed by atoms with van der Waals surface area (Å²) in [6.07, 6.45) is 60.7. The van der Waals surface area contributed by atoms with Crippen LogP contribution in [0.1, 0.15) is 129 Å². The molecule has 0 fully saturated rings. The Kier molecular flexibility index (Phi) is 39.8. The highest BCUT2D eigenvalue weighted by molar-refractivity contribution is 7.45. The molecule has 0 aromatic carbocycles. The van der Waals surface area contributed by atoms with Gasteiger partial charge < -0.3 is 27.9 Å². The van der Waals surface area contributed by atoms with Gasteiger partial charge in [0.1, 0.15) is 19.8 Å². The smallest absolute Gasteiger partial charge is 0.306 e. The van der Waals surface area contributed by atoms with Gasteiger partial charge in [0.05, 0.1) is 27.7 Å². The third kappa shape index (κ3) is 45.7. The number of hydrogen-bond acceptors (Lipinski definition) is 8. The zero-order valence-corrected chi connectivity index (χ0v) is 39.9. The topological polar surface area (TPSA) is 111 Å². The molecule has 0 aromatic heterocycles. The minimum atomic E-state index is -4.67. The summed E-state index contributed by atoms with van der Waals surface area (Å²) in [5.74, 6) is -0.987. The first-order chi connectivity index (χ1) is 30.0. The zero-order valence-electron chi connectivity index (χ0n) is 39.0.